The van der Waals surface area contributed by atoms with E-state index in [0.29, 0.717) is 10.8 Å². The quantitative estimate of drug-likeness (QED) is 0.361. The molecule has 194 valence electrons. The Hall–Kier alpha value is -0.780. The summed E-state index contributed by atoms with van der Waals surface area (Å²) < 4.78 is 0. The van der Waals surface area contributed by atoms with E-state index in [2.05, 4.69) is 107 Å². The molecule has 0 aliphatic heterocycles. The average Bonchev–Trinajstić information content (AvgIpc) is 3.06. The monoisotopic (exact) mass is 466 g/mol. The molecule has 3 rings (SSSR count). The fourth-order valence-electron chi connectivity index (χ4n) is 7.68. The molecule has 3 aliphatic carbocycles. The molecule has 34 heavy (non-hydrogen) atoms. The van der Waals surface area contributed by atoms with Crippen molar-refractivity contribution in [1.29, 1.82) is 0 Å². The van der Waals surface area contributed by atoms with Crippen molar-refractivity contribution in [3.63, 3.8) is 0 Å². The van der Waals surface area contributed by atoms with Gasteiger partial charge in [0, 0.05) is 0 Å². The number of rotatable bonds is 4. The van der Waals surface area contributed by atoms with Gasteiger partial charge in [0.05, 0.1) is 0 Å². The van der Waals surface area contributed by atoms with Crippen molar-refractivity contribution in [3.05, 3.63) is 35.5 Å². The van der Waals surface area contributed by atoms with Gasteiger partial charge in [0.25, 0.3) is 0 Å². The molecule has 3 saturated carbocycles. The zero-order valence-corrected chi connectivity index (χ0v) is 25.1. The van der Waals surface area contributed by atoms with Crippen molar-refractivity contribution in [2.75, 3.05) is 0 Å². The van der Waals surface area contributed by atoms with Crippen LogP contribution in [0.3, 0.4) is 0 Å². The summed E-state index contributed by atoms with van der Waals surface area (Å²) in [5.41, 5.74) is 4.95. The van der Waals surface area contributed by atoms with Crippen molar-refractivity contribution >= 4 is 0 Å². The van der Waals surface area contributed by atoms with Crippen LogP contribution in [0.2, 0.25) is 0 Å². The molecule has 5 unspecified atom stereocenters. The van der Waals surface area contributed by atoms with Crippen LogP contribution in [-0.4, -0.2) is 0 Å². The second-order valence-electron chi connectivity index (χ2n) is 15.8. The molecule has 0 heteroatoms. The van der Waals surface area contributed by atoms with Gasteiger partial charge in [-0.2, -0.15) is 0 Å². The Labute approximate surface area is 214 Å². The highest BCUT2D eigenvalue weighted by atomic mass is 14.6. The third-order valence-electron chi connectivity index (χ3n) is 11.6. The minimum absolute atomic E-state index is 0.202. The Balaban J connectivity index is 1.86. The number of hydrogen-bond donors (Lipinski definition) is 0. The molecular formula is C34H58. The first-order chi connectivity index (χ1) is 15.4. The maximum Gasteiger partial charge on any atom is -0.0116 e. The SMILES string of the molecule is CC1C/C(=C\C=C2/CCCC3(C)C2CCC3C(C)(C)/C=C/C(C)(C)C(C)(C)C)C(C)(C)C(C)C1. The van der Waals surface area contributed by atoms with Gasteiger partial charge in [0.15, 0.2) is 0 Å². The summed E-state index contributed by atoms with van der Waals surface area (Å²) in [5.74, 6) is 3.14. The molecule has 0 spiro atoms. The molecule has 0 nitrogen and oxygen atoms in total. The fourth-order valence-corrected chi connectivity index (χ4v) is 7.68. The first-order valence-electron chi connectivity index (χ1n) is 14.5. The summed E-state index contributed by atoms with van der Waals surface area (Å²) in [5, 5.41) is 0. The topological polar surface area (TPSA) is 0 Å². The molecular weight excluding hydrogens is 408 g/mol. The smallest absolute Gasteiger partial charge is 0.0116 e. The highest BCUT2D eigenvalue weighted by Crippen LogP contribution is 2.62. The van der Waals surface area contributed by atoms with E-state index in [4.69, 9.17) is 0 Å². The molecule has 0 radical (unpaired) electrons. The van der Waals surface area contributed by atoms with Crippen LogP contribution in [0.15, 0.2) is 35.5 Å². The van der Waals surface area contributed by atoms with Crippen LogP contribution in [0.4, 0.5) is 0 Å². The first kappa shape index (κ1) is 27.8. The van der Waals surface area contributed by atoms with Crippen molar-refractivity contribution in [1.82, 2.24) is 0 Å². The predicted octanol–water partition coefficient (Wildman–Crippen LogP) is 10.8. The molecule has 3 aliphatic rings. The molecule has 0 aromatic heterocycles. The fraction of sp³-hybridized carbons (Fsp3) is 0.824. The zero-order valence-electron chi connectivity index (χ0n) is 25.1. The molecule has 0 saturated heterocycles. The number of hydrogen-bond acceptors (Lipinski definition) is 0. The van der Waals surface area contributed by atoms with Crippen LogP contribution in [0.5, 0.6) is 0 Å². The average molecular weight is 467 g/mol. The second-order valence-corrected chi connectivity index (χ2v) is 15.8. The van der Waals surface area contributed by atoms with Gasteiger partial charge in [0.2, 0.25) is 0 Å². The van der Waals surface area contributed by atoms with E-state index in [1.165, 1.54) is 44.9 Å². The highest BCUT2D eigenvalue weighted by Gasteiger charge is 2.53. The van der Waals surface area contributed by atoms with Crippen LogP contribution in [0.1, 0.15) is 128 Å². The van der Waals surface area contributed by atoms with E-state index in [9.17, 15) is 0 Å². The van der Waals surface area contributed by atoms with Gasteiger partial charge >= 0.3 is 0 Å². The Bertz CT molecular complexity index is 821. The molecule has 0 aromatic rings. The molecule has 0 bridgehead atoms. The molecule has 3 fully saturated rings. The second kappa shape index (κ2) is 9.27. The summed E-state index contributed by atoms with van der Waals surface area (Å²) in [7, 11) is 0. The van der Waals surface area contributed by atoms with E-state index in [-0.39, 0.29) is 16.2 Å². The van der Waals surface area contributed by atoms with E-state index < -0.39 is 0 Å². The van der Waals surface area contributed by atoms with Crippen molar-refractivity contribution in [2.45, 2.75) is 128 Å². The molecule has 0 N–H and O–H groups in total. The molecule has 5 atom stereocenters. The Morgan fingerprint density at radius 3 is 2.12 bits per heavy atom. The van der Waals surface area contributed by atoms with Crippen LogP contribution >= 0.6 is 0 Å². The largest absolute Gasteiger partial charge is 0.0820 e. The first-order valence-corrected chi connectivity index (χ1v) is 14.5. The normalized spacial score (nSPS) is 37.5. The minimum Gasteiger partial charge on any atom is -0.0820 e. The van der Waals surface area contributed by atoms with Crippen LogP contribution < -0.4 is 0 Å². The van der Waals surface area contributed by atoms with Crippen LogP contribution in [-0.2, 0) is 0 Å². The highest BCUT2D eigenvalue weighted by molar-refractivity contribution is 5.29. The van der Waals surface area contributed by atoms with E-state index >= 15 is 0 Å². The van der Waals surface area contributed by atoms with E-state index in [1.54, 1.807) is 11.1 Å². The zero-order chi connectivity index (χ0) is 25.7. The Morgan fingerprint density at radius 2 is 1.50 bits per heavy atom. The lowest BCUT2D eigenvalue weighted by Crippen LogP contribution is -2.39. The summed E-state index contributed by atoms with van der Waals surface area (Å²) in [4.78, 5) is 0. The van der Waals surface area contributed by atoms with Crippen molar-refractivity contribution in [3.8, 4) is 0 Å². The number of allylic oxidation sites excluding steroid dienone is 6. The summed E-state index contributed by atoms with van der Waals surface area (Å²) in [6.07, 6.45) is 19.8. The van der Waals surface area contributed by atoms with E-state index in [1.807, 2.05) is 0 Å². The maximum absolute atomic E-state index is 2.65. The number of fused-ring (bicyclic) bond motifs is 1. The lowest BCUT2D eigenvalue weighted by molar-refractivity contribution is 0.0705. The van der Waals surface area contributed by atoms with Gasteiger partial charge in [-0.25, -0.2) is 0 Å². The standard InChI is InChI=1S/C34H58/c1-24-22-25(2)33(10,11)27(23-24)16-15-26-14-13-19-34(12)28(26)17-18-29(34)31(6,7)20-21-32(8,9)30(3,4)5/h15-16,20-21,24-25,28-29H,13-14,17-19,22-23H2,1-12H3/b21-20+,26-15+,27-16+. The molecule has 0 amide bonds. The Kier molecular flexibility index (Phi) is 7.58. The van der Waals surface area contributed by atoms with Crippen LogP contribution in [0, 0.1) is 50.7 Å². The summed E-state index contributed by atoms with van der Waals surface area (Å²) in [6, 6.07) is 0. The van der Waals surface area contributed by atoms with Gasteiger partial charge in [-0.1, -0.05) is 119 Å². The van der Waals surface area contributed by atoms with Crippen molar-refractivity contribution < 1.29 is 0 Å². The minimum atomic E-state index is 0.202. The van der Waals surface area contributed by atoms with Gasteiger partial charge in [-0.05, 0) is 95.7 Å². The van der Waals surface area contributed by atoms with Crippen LogP contribution in [0.25, 0.3) is 0 Å². The van der Waals surface area contributed by atoms with Gasteiger partial charge in [0.1, 0.15) is 0 Å². The summed E-state index contributed by atoms with van der Waals surface area (Å²) in [6.45, 7) is 29.5. The summed E-state index contributed by atoms with van der Waals surface area (Å²) >= 11 is 0. The van der Waals surface area contributed by atoms with Gasteiger partial charge < -0.3 is 0 Å². The van der Waals surface area contributed by atoms with E-state index in [0.717, 1.165) is 23.7 Å². The van der Waals surface area contributed by atoms with Gasteiger partial charge in [-0.3, -0.25) is 0 Å². The Morgan fingerprint density at radius 1 is 0.853 bits per heavy atom. The third kappa shape index (κ3) is 5.18. The lowest BCUT2D eigenvalue weighted by atomic mass is 9.57. The lowest BCUT2D eigenvalue weighted by Gasteiger charge is -2.48. The third-order valence-corrected chi connectivity index (χ3v) is 11.6. The van der Waals surface area contributed by atoms with Gasteiger partial charge in [-0.15, -0.1) is 0 Å². The molecule has 0 heterocycles. The molecule has 0 aromatic carbocycles. The predicted molar refractivity (Wildman–Crippen MR) is 152 cm³/mol. The maximum atomic E-state index is 2.65. The van der Waals surface area contributed by atoms with Crippen molar-refractivity contribution in [2.24, 2.45) is 50.7 Å².